The molecule has 4 rings (SSSR count). The molecule has 0 unspecified atom stereocenters. The van der Waals surface area contributed by atoms with Crippen molar-refractivity contribution in [3.05, 3.63) is 41.6 Å². The predicted octanol–water partition coefficient (Wildman–Crippen LogP) is 2.44. The van der Waals surface area contributed by atoms with Crippen LogP contribution in [0.1, 0.15) is 24.1 Å². The van der Waals surface area contributed by atoms with Crippen LogP contribution in [0.15, 0.2) is 30.3 Å². The van der Waals surface area contributed by atoms with Crippen LogP contribution >= 0.6 is 0 Å². The molecule has 3 heterocycles. The highest BCUT2D eigenvalue weighted by atomic mass is 16.5. The number of rotatable bonds is 2. The van der Waals surface area contributed by atoms with Gasteiger partial charge in [-0.15, -0.1) is 0 Å². The lowest BCUT2D eigenvalue weighted by Crippen LogP contribution is -2.40. The standard InChI is InChI=1S/C20H25N3O2/c1-22-18-8-12-23(20(24)16-9-13-25-14-10-16)11-7-17(18)19(21-22)15-5-3-2-4-6-15/h2-6,16H,7-14H2,1H3. The Balaban J connectivity index is 1.55. The van der Waals surface area contributed by atoms with E-state index in [0.29, 0.717) is 19.1 Å². The van der Waals surface area contributed by atoms with Crippen molar-refractivity contribution in [3.63, 3.8) is 0 Å². The maximum Gasteiger partial charge on any atom is 0.225 e. The van der Waals surface area contributed by atoms with Gasteiger partial charge in [0, 0.05) is 62.5 Å². The fourth-order valence-corrected chi connectivity index (χ4v) is 4.03. The third-order valence-electron chi connectivity index (χ3n) is 5.45. The highest BCUT2D eigenvalue weighted by Crippen LogP contribution is 2.28. The van der Waals surface area contributed by atoms with E-state index < -0.39 is 0 Å². The molecule has 1 amide bonds. The van der Waals surface area contributed by atoms with E-state index in [9.17, 15) is 4.79 Å². The number of amides is 1. The Labute approximate surface area is 148 Å². The van der Waals surface area contributed by atoms with Crippen molar-refractivity contribution in [2.75, 3.05) is 26.3 Å². The number of aryl methyl sites for hydroxylation is 1. The molecule has 25 heavy (non-hydrogen) atoms. The number of hydrogen-bond donors (Lipinski definition) is 0. The Kier molecular flexibility index (Phi) is 4.57. The molecule has 0 bridgehead atoms. The highest BCUT2D eigenvalue weighted by Gasteiger charge is 2.29. The molecule has 5 heteroatoms. The summed E-state index contributed by atoms with van der Waals surface area (Å²) in [6, 6.07) is 10.3. The lowest BCUT2D eigenvalue weighted by atomic mass is 9.98. The molecule has 1 saturated heterocycles. The highest BCUT2D eigenvalue weighted by molar-refractivity contribution is 5.79. The van der Waals surface area contributed by atoms with Gasteiger partial charge in [0.15, 0.2) is 0 Å². The van der Waals surface area contributed by atoms with Crippen LogP contribution in [0, 0.1) is 5.92 Å². The molecule has 0 saturated carbocycles. The van der Waals surface area contributed by atoms with Gasteiger partial charge in [-0.2, -0.15) is 5.10 Å². The molecule has 132 valence electrons. The van der Waals surface area contributed by atoms with Crippen molar-refractivity contribution in [1.82, 2.24) is 14.7 Å². The van der Waals surface area contributed by atoms with E-state index in [1.165, 1.54) is 11.3 Å². The second-order valence-corrected chi connectivity index (χ2v) is 6.98. The molecule has 5 nitrogen and oxygen atoms in total. The maximum atomic E-state index is 12.9. The molecule has 1 aromatic heterocycles. The number of benzene rings is 1. The van der Waals surface area contributed by atoms with Gasteiger partial charge >= 0.3 is 0 Å². The monoisotopic (exact) mass is 339 g/mol. The molecule has 2 aliphatic rings. The summed E-state index contributed by atoms with van der Waals surface area (Å²) >= 11 is 0. The molecule has 0 spiro atoms. The molecule has 1 fully saturated rings. The molecule has 0 atom stereocenters. The van der Waals surface area contributed by atoms with E-state index in [4.69, 9.17) is 9.84 Å². The zero-order valence-corrected chi connectivity index (χ0v) is 14.8. The van der Waals surface area contributed by atoms with Crippen LogP contribution in [-0.2, 0) is 29.4 Å². The topological polar surface area (TPSA) is 47.4 Å². The van der Waals surface area contributed by atoms with E-state index in [1.807, 2.05) is 29.9 Å². The van der Waals surface area contributed by atoms with Crippen LogP contribution < -0.4 is 0 Å². The SMILES string of the molecule is Cn1nc(-c2ccccc2)c2c1CCN(C(=O)C1CCOCC1)CC2. The lowest BCUT2D eigenvalue weighted by Gasteiger charge is -2.28. The summed E-state index contributed by atoms with van der Waals surface area (Å²) in [6.07, 6.45) is 3.47. The number of ether oxygens (including phenoxy) is 1. The van der Waals surface area contributed by atoms with Crippen molar-refractivity contribution in [1.29, 1.82) is 0 Å². The van der Waals surface area contributed by atoms with Gasteiger partial charge in [-0.25, -0.2) is 0 Å². The second-order valence-electron chi connectivity index (χ2n) is 6.98. The van der Waals surface area contributed by atoms with Gasteiger partial charge < -0.3 is 9.64 Å². The van der Waals surface area contributed by atoms with Gasteiger partial charge in [0.05, 0.1) is 5.69 Å². The fourth-order valence-electron chi connectivity index (χ4n) is 4.03. The molecule has 1 aromatic carbocycles. The number of carbonyl (C=O) groups is 1. The molecule has 0 radical (unpaired) electrons. The summed E-state index contributed by atoms with van der Waals surface area (Å²) in [5.74, 6) is 0.451. The molecule has 0 aliphatic carbocycles. The summed E-state index contributed by atoms with van der Waals surface area (Å²) < 4.78 is 7.40. The molecule has 2 aliphatic heterocycles. The minimum atomic E-state index is 0.140. The van der Waals surface area contributed by atoms with Gasteiger partial charge in [-0.1, -0.05) is 30.3 Å². The van der Waals surface area contributed by atoms with Crippen molar-refractivity contribution in [2.24, 2.45) is 13.0 Å². The van der Waals surface area contributed by atoms with E-state index in [1.54, 1.807) is 0 Å². The zero-order valence-electron chi connectivity index (χ0n) is 14.8. The maximum absolute atomic E-state index is 12.9. The van der Waals surface area contributed by atoms with E-state index >= 15 is 0 Å². The van der Waals surface area contributed by atoms with E-state index in [2.05, 4.69) is 17.0 Å². The third kappa shape index (κ3) is 3.21. The average Bonchev–Trinajstić information content (AvgIpc) is 2.84. The van der Waals surface area contributed by atoms with Crippen LogP contribution in [0.5, 0.6) is 0 Å². The normalized spacial score (nSPS) is 18.7. The van der Waals surface area contributed by atoms with E-state index in [-0.39, 0.29) is 5.92 Å². The van der Waals surface area contributed by atoms with Gasteiger partial charge in [-0.05, 0) is 19.3 Å². The summed E-state index contributed by atoms with van der Waals surface area (Å²) in [7, 11) is 2.02. The van der Waals surface area contributed by atoms with Gasteiger partial charge in [0.1, 0.15) is 0 Å². The number of hydrogen-bond acceptors (Lipinski definition) is 3. The lowest BCUT2D eigenvalue weighted by molar-refractivity contribution is -0.138. The third-order valence-corrected chi connectivity index (χ3v) is 5.45. The average molecular weight is 339 g/mol. The zero-order chi connectivity index (χ0) is 17.2. The summed E-state index contributed by atoms with van der Waals surface area (Å²) in [5, 5.41) is 4.76. The van der Waals surface area contributed by atoms with Crippen molar-refractivity contribution < 1.29 is 9.53 Å². The minimum Gasteiger partial charge on any atom is -0.381 e. The Morgan fingerprint density at radius 1 is 1.12 bits per heavy atom. The van der Waals surface area contributed by atoms with Gasteiger partial charge in [-0.3, -0.25) is 9.48 Å². The van der Waals surface area contributed by atoms with Gasteiger partial charge in [0.25, 0.3) is 0 Å². The largest absolute Gasteiger partial charge is 0.381 e. The fraction of sp³-hybridized carbons (Fsp3) is 0.500. The van der Waals surface area contributed by atoms with Crippen molar-refractivity contribution in [3.8, 4) is 11.3 Å². The van der Waals surface area contributed by atoms with Gasteiger partial charge in [0.2, 0.25) is 5.91 Å². The number of aromatic nitrogens is 2. The van der Waals surface area contributed by atoms with Crippen LogP contribution in [0.2, 0.25) is 0 Å². The summed E-state index contributed by atoms with van der Waals surface area (Å²) in [4.78, 5) is 14.9. The van der Waals surface area contributed by atoms with Crippen LogP contribution in [0.4, 0.5) is 0 Å². The quantitative estimate of drug-likeness (QED) is 0.844. The first kappa shape index (κ1) is 16.3. The Morgan fingerprint density at radius 2 is 1.84 bits per heavy atom. The summed E-state index contributed by atoms with van der Waals surface area (Å²) in [6.45, 7) is 3.00. The van der Waals surface area contributed by atoms with Crippen LogP contribution in [-0.4, -0.2) is 46.9 Å². The smallest absolute Gasteiger partial charge is 0.225 e. The summed E-state index contributed by atoms with van der Waals surface area (Å²) in [5.41, 5.74) is 4.79. The Morgan fingerprint density at radius 3 is 2.60 bits per heavy atom. The van der Waals surface area contributed by atoms with E-state index in [0.717, 1.165) is 50.0 Å². The first-order chi connectivity index (χ1) is 12.2. The predicted molar refractivity (Wildman–Crippen MR) is 96.2 cm³/mol. The first-order valence-corrected chi connectivity index (χ1v) is 9.20. The number of fused-ring (bicyclic) bond motifs is 1. The number of carbonyl (C=O) groups excluding carboxylic acids is 1. The van der Waals surface area contributed by atoms with Crippen LogP contribution in [0.3, 0.4) is 0 Å². The minimum absolute atomic E-state index is 0.140. The van der Waals surface area contributed by atoms with Crippen molar-refractivity contribution in [2.45, 2.75) is 25.7 Å². The molecule has 0 N–H and O–H groups in total. The Hall–Kier alpha value is -2.14. The molecule has 2 aromatic rings. The molecular formula is C20H25N3O2. The van der Waals surface area contributed by atoms with Crippen LogP contribution in [0.25, 0.3) is 11.3 Å². The first-order valence-electron chi connectivity index (χ1n) is 9.20. The molecular weight excluding hydrogens is 314 g/mol. The second kappa shape index (κ2) is 7.00. The number of nitrogens with zero attached hydrogens (tertiary/aromatic N) is 3. The van der Waals surface area contributed by atoms with Crippen molar-refractivity contribution >= 4 is 5.91 Å². The Bertz CT molecular complexity index is 748.